The van der Waals surface area contributed by atoms with Crippen LogP contribution in [0.5, 0.6) is 0 Å². The summed E-state index contributed by atoms with van der Waals surface area (Å²) in [6.07, 6.45) is 4.75. The van der Waals surface area contributed by atoms with E-state index in [1.807, 2.05) is 0 Å². The van der Waals surface area contributed by atoms with Crippen LogP contribution >= 0.6 is 11.3 Å². The number of hydrogen-bond donors (Lipinski definition) is 1. The maximum Gasteiger partial charge on any atom is 0.273 e. The Balaban J connectivity index is 1.27. The molecule has 1 aliphatic heterocycles. The summed E-state index contributed by atoms with van der Waals surface area (Å²) in [5, 5.41) is 9.18. The van der Waals surface area contributed by atoms with E-state index in [-0.39, 0.29) is 11.9 Å². The monoisotopic (exact) mass is 437 g/mol. The third-order valence-corrected chi connectivity index (χ3v) is 7.16. The number of carbonyl (C=O) groups is 1. The maximum atomic E-state index is 12.8. The standard InChI is InChI=1S/C24H27N3O3S/c28-24(25-16-21(23-6-3-13-31-23)27-9-11-29-12-10-27)20-15-22(30-26-20)19-8-7-17-4-1-2-5-18(17)14-19/h3,6-8,13-15,21H,1-2,4-5,9-12,16H2,(H,25,28). The van der Waals surface area contributed by atoms with Crippen molar-refractivity contribution >= 4 is 17.2 Å². The number of nitrogens with zero attached hydrogens (tertiary/aromatic N) is 2. The molecule has 2 aliphatic rings. The van der Waals surface area contributed by atoms with Crippen molar-refractivity contribution in [3.8, 4) is 11.3 Å². The number of thiophene rings is 1. The van der Waals surface area contributed by atoms with E-state index < -0.39 is 0 Å². The van der Waals surface area contributed by atoms with Crippen LogP contribution in [-0.2, 0) is 17.6 Å². The molecule has 162 valence electrons. The third-order valence-electron chi connectivity index (χ3n) is 6.19. The zero-order chi connectivity index (χ0) is 21.0. The molecule has 0 saturated carbocycles. The second-order valence-corrected chi connectivity index (χ2v) is 9.14. The van der Waals surface area contributed by atoms with Crippen LogP contribution < -0.4 is 5.32 Å². The minimum Gasteiger partial charge on any atom is -0.379 e. The van der Waals surface area contributed by atoms with E-state index >= 15 is 0 Å². The van der Waals surface area contributed by atoms with Gasteiger partial charge in [-0.1, -0.05) is 23.4 Å². The van der Waals surface area contributed by atoms with Gasteiger partial charge in [0.15, 0.2) is 11.5 Å². The van der Waals surface area contributed by atoms with E-state index in [2.05, 4.69) is 51.1 Å². The number of aromatic nitrogens is 1. The maximum absolute atomic E-state index is 12.8. The van der Waals surface area contributed by atoms with E-state index in [1.165, 1.54) is 28.8 Å². The molecule has 5 rings (SSSR count). The molecule has 0 bridgehead atoms. The van der Waals surface area contributed by atoms with Crippen molar-refractivity contribution in [3.05, 3.63) is 63.5 Å². The molecule has 1 saturated heterocycles. The van der Waals surface area contributed by atoms with Crippen molar-refractivity contribution in [2.75, 3.05) is 32.8 Å². The molecular weight excluding hydrogens is 410 g/mol. The van der Waals surface area contributed by atoms with Crippen LogP contribution in [0.25, 0.3) is 11.3 Å². The molecule has 7 heteroatoms. The lowest BCUT2D eigenvalue weighted by Crippen LogP contribution is -2.43. The second kappa shape index (κ2) is 9.34. The van der Waals surface area contributed by atoms with E-state index in [0.29, 0.717) is 18.0 Å². The van der Waals surface area contributed by atoms with Gasteiger partial charge in [0.2, 0.25) is 0 Å². The fourth-order valence-corrected chi connectivity index (χ4v) is 5.33. The number of hydrogen-bond acceptors (Lipinski definition) is 6. The molecule has 1 N–H and O–H groups in total. The molecule has 0 radical (unpaired) electrons. The van der Waals surface area contributed by atoms with E-state index in [1.54, 1.807) is 17.4 Å². The van der Waals surface area contributed by atoms with Crippen LogP contribution in [-0.4, -0.2) is 48.8 Å². The predicted molar refractivity (Wildman–Crippen MR) is 120 cm³/mol. The van der Waals surface area contributed by atoms with Crippen LogP contribution in [0.3, 0.4) is 0 Å². The van der Waals surface area contributed by atoms with E-state index in [9.17, 15) is 4.79 Å². The molecule has 3 aromatic rings. The highest BCUT2D eigenvalue weighted by Crippen LogP contribution is 2.28. The van der Waals surface area contributed by atoms with Gasteiger partial charge in [0, 0.05) is 36.1 Å². The molecule has 1 aromatic carbocycles. The Morgan fingerprint density at radius 1 is 1.13 bits per heavy atom. The lowest BCUT2D eigenvalue weighted by Gasteiger charge is -2.34. The van der Waals surface area contributed by atoms with Gasteiger partial charge in [0.05, 0.1) is 19.3 Å². The zero-order valence-electron chi connectivity index (χ0n) is 17.5. The average molecular weight is 438 g/mol. The van der Waals surface area contributed by atoms with Gasteiger partial charge in [-0.05, 0) is 54.3 Å². The minimum absolute atomic E-state index is 0.139. The Hall–Kier alpha value is -2.48. The van der Waals surface area contributed by atoms with Gasteiger partial charge < -0.3 is 14.6 Å². The molecule has 1 aliphatic carbocycles. The SMILES string of the molecule is O=C(NCC(c1cccs1)N1CCOCC1)c1cc(-c2ccc3c(c2)CCCC3)on1. The molecule has 31 heavy (non-hydrogen) atoms. The molecule has 1 fully saturated rings. The molecule has 6 nitrogen and oxygen atoms in total. The first-order valence-corrected chi connectivity index (χ1v) is 11.9. The normalized spacial score (nSPS) is 17.8. The summed E-state index contributed by atoms with van der Waals surface area (Å²) in [7, 11) is 0. The fourth-order valence-electron chi connectivity index (χ4n) is 4.46. The number of aryl methyl sites for hydroxylation is 2. The van der Waals surface area contributed by atoms with Gasteiger partial charge in [0.25, 0.3) is 5.91 Å². The summed E-state index contributed by atoms with van der Waals surface area (Å²) in [6.45, 7) is 3.71. The van der Waals surface area contributed by atoms with Crippen molar-refractivity contribution in [3.63, 3.8) is 0 Å². The Kier molecular flexibility index (Phi) is 6.15. The summed E-state index contributed by atoms with van der Waals surface area (Å²) >= 11 is 1.72. The highest BCUT2D eigenvalue weighted by molar-refractivity contribution is 7.10. The number of ether oxygens (including phenoxy) is 1. The van der Waals surface area contributed by atoms with Gasteiger partial charge in [-0.3, -0.25) is 9.69 Å². The predicted octanol–water partition coefficient (Wildman–Crippen LogP) is 4.09. The fraction of sp³-hybridized carbons (Fsp3) is 0.417. The smallest absolute Gasteiger partial charge is 0.273 e. The van der Waals surface area contributed by atoms with Crippen LogP contribution in [0.4, 0.5) is 0 Å². The molecule has 1 unspecified atom stereocenters. The van der Waals surface area contributed by atoms with Crippen LogP contribution in [0.2, 0.25) is 0 Å². The number of carbonyl (C=O) groups excluding carboxylic acids is 1. The number of fused-ring (bicyclic) bond motifs is 1. The van der Waals surface area contributed by atoms with E-state index in [0.717, 1.165) is 44.7 Å². The molecule has 3 heterocycles. The van der Waals surface area contributed by atoms with Crippen molar-refractivity contribution in [1.29, 1.82) is 0 Å². The number of morpholine rings is 1. The lowest BCUT2D eigenvalue weighted by molar-refractivity contribution is 0.0169. The Morgan fingerprint density at radius 2 is 1.97 bits per heavy atom. The van der Waals surface area contributed by atoms with Crippen molar-refractivity contribution in [2.45, 2.75) is 31.7 Å². The minimum atomic E-state index is -0.206. The molecule has 2 aromatic heterocycles. The first kappa shape index (κ1) is 20.4. The van der Waals surface area contributed by atoms with Crippen molar-refractivity contribution < 1.29 is 14.1 Å². The largest absolute Gasteiger partial charge is 0.379 e. The van der Waals surface area contributed by atoms with Gasteiger partial charge >= 0.3 is 0 Å². The van der Waals surface area contributed by atoms with Gasteiger partial charge in [-0.25, -0.2) is 0 Å². The highest BCUT2D eigenvalue weighted by Gasteiger charge is 2.25. The van der Waals surface area contributed by atoms with Crippen LogP contribution in [0, 0.1) is 0 Å². The number of amides is 1. The quantitative estimate of drug-likeness (QED) is 0.629. The highest BCUT2D eigenvalue weighted by atomic mass is 32.1. The number of nitrogens with one attached hydrogen (secondary N) is 1. The third kappa shape index (κ3) is 4.59. The van der Waals surface area contributed by atoms with E-state index in [4.69, 9.17) is 9.26 Å². The Morgan fingerprint density at radius 3 is 2.77 bits per heavy atom. The molecule has 1 amide bonds. The summed E-state index contributed by atoms with van der Waals surface area (Å²) in [5.74, 6) is 0.435. The Labute approximate surface area is 186 Å². The topological polar surface area (TPSA) is 67.6 Å². The average Bonchev–Trinajstić information content (AvgIpc) is 3.52. The first-order chi connectivity index (χ1) is 15.3. The van der Waals surface area contributed by atoms with Crippen LogP contribution in [0.15, 0.2) is 46.3 Å². The first-order valence-electron chi connectivity index (χ1n) is 11.0. The lowest BCUT2D eigenvalue weighted by atomic mass is 9.90. The van der Waals surface area contributed by atoms with Gasteiger partial charge in [0.1, 0.15) is 0 Å². The summed E-state index contributed by atoms with van der Waals surface area (Å²) in [5.41, 5.74) is 4.11. The summed E-state index contributed by atoms with van der Waals surface area (Å²) in [4.78, 5) is 16.4. The summed E-state index contributed by atoms with van der Waals surface area (Å²) < 4.78 is 11.0. The van der Waals surface area contributed by atoms with Crippen LogP contribution in [0.1, 0.15) is 45.4 Å². The number of rotatable bonds is 6. The molecular formula is C24H27N3O3S. The van der Waals surface area contributed by atoms with Crippen molar-refractivity contribution in [2.24, 2.45) is 0 Å². The van der Waals surface area contributed by atoms with Gasteiger partial charge in [-0.15, -0.1) is 11.3 Å². The molecule has 0 spiro atoms. The van der Waals surface area contributed by atoms with Gasteiger partial charge in [-0.2, -0.15) is 0 Å². The zero-order valence-corrected chi connectivity index (χ0v) is 18.3. The number of benzene rings is 1. The Bertz CT molecular complexity index is 1020. The second-order valence-electron chi connectivity index (χ2n) is 8.16. The summed E-state index contributed by atoms with van der Waals surface area (Å²) in [6, 6.07) is 12.5. The van der Waals surface area contributed by atoms with Crippen molar-refractivity contribution in [1.82, 2.24) is 15.4 Å². The molecule has 1 atom stereocenters.